The molecular weight excluding hydrogens is 209 g/mol. The Labute approximate surface area is 93.8 Å². The fraction of sp³-hybridized carbons (Fsp3) is 0.364. The van der Waals surface area contributed by atoms with Crippen molar-refractivity contribution in [3.63, 3.8) is 0 Å². The van der Waals surface area contributed by atoms with Crippen LogP contribution < -0.4 is 16.8 Å². The van der Waals surface area contributed by atoms with E-state index < -0.39 is 11.7 Å². The normalized spacial score (nSPS) is 11.2. The molecule has 0 aromatic heterocycles. The number of nitrogen functional groups attached to an aromatic ring is 1. The molecule has 0 heterocycles. The largest absolute Gasteiger partial charge is 0.398 e. The van der Waals surface area contributed by atoms with E-state index >= 15 is 0 Å². The molecule has 1 rings (SSSR count). The van der Waals surface area contributed by atoms with E-state index in [1.807, 2.05) is 20.8 Å². The van der Waals surface area contributed by atoms with Crippen LogP contribution in [0.25, 0.3) is 0 Å². The first-order chi connectivity index (χ1) is 7.20. The van der Waals surface area contributed by atoms with Crippen LogP contribution in [0.2, 0.25) is 0 Å². The first kappa shape index (κ1) is 12.3. The smallest absolute Gasteiger partial charge is 0.250 e. The molecular formula is C11H16FN3O. The van der Waals surface area contributed by atoms with E-state index in [0.717, 1.165) is 6.07 Å². The maximum atomic E-state index is 13.5. The summed E-state index contributed by atoms with van der Waals surface area (Å²) in [5, 5.41) is 2.93. The lowest BCUT2D eigenvalue weighted by Gasteiger charge is -2.23. The fourth-order valence-electron chi connectivity index (χ4n) is 1.30. The second-order valence-electron chi connectivity index (χ2n) is 4.66. The molecule has 1 aromatic carbocycles. The SMILES string of the molecule is CC(C)(C)Nc1cc(C(N)=O)c(N)cc1F. The highest BCUT2D eigenvalue weighted by atomic mass is 19.1. The number of anilines is 2. The molecule has 4 nitrogen and oxygen atoms in total. The van der Waals surface area contributed by atoms with Gasteiger partial charge in [0.1, 0.15) is 5.82 Å². The number of benzene rings is 1. The summed E-state index contributed by atoms with van der Waals surface area (Å²) in [5.74, 6) is -1.17. The summed E-state index contributed by atoms with van der Waals surface area (Å²) >= 11 is 0. The van der Waals surface area contributed by atoms with E-state index in [-0.39, 0.29) is 22.5 Å². The highest BCUT2D eigenvalue weighted by molar-refractivity contribution is 5.99. The molecule has 5 heteroatoms. The van der Waals surface area contributed by atoms with Crippen molar-refractivity contribution >= 4 is 17.3 Å². The highest BCUT2D eigenvalue weighted by Gasteiger charge is 2.16. The number of carbonyl (C=O) groups is 1. The van der Waals surface area contributed by atoms with Crippen LogP contribution in [0.1, 0.15) is 31.1 Å². The lowest BCUT2D eigenvalue weighted by atomic mass is 10.1. The Balaban J connectivity index is 3.20. The minimum absolute atomic E-state index is 0.0458. The number of carbonyl (C=O) groups excluding carboxylic acids is 1. The van der Waals surface area contributed by atoms with Gasteiger partial charge in [0.2, 0.25) is 0 Å². The van der Waals surface area contributed by atoms with E-state index in [2.05, 4.69) is 5.32 Å². The molecule has 0 spiro atoms. The van der Waals surface area contributed by atoms with Gasteiger partial charge in [-0.15, -0.1) is 0 Å². The molecule has 88 valence electrons. The standard InChI is InChI=1S/C11H16FN3O/c1-11(2,3)15-9-4-6(10(14)16)8(13)5-7(9)12/h4-5,15H,13H2,1-3H3,(H2,14,16). The summed E-state index contributed by atoms with van der Waals surface area (Å²) in [7, 11) is 0. The number of hydrogen-bond acceptors (Lipinski definition) is 3. The number of rotatable bonds is 2. The van der Waals surface area contributed by atoms with Crippen molar-refractivity contribution in [1.29, 1.82) is 0 Å². The number of nitrogens with two attached hydrogens (primary N) is 2. The Morgan fingerprint density at radius 3 is 2.38 bits per heavy atom. The lowest BCUT2D eigenvalue weighted by molar-refractivity contribution is 0.100. The molecule has 0 atom stereocenters. The molecule has 0 fully saturated rings. The van der Waals surface area contributed by atoms with Crippen LogP contribution >= 0.6 is 0 Å². The number of hydrogen-bond donors (Lipinski definition) is 3. The Bertz CT molecular complexity index is 424. The molecule has 0 aliphatic rings. The highest BCUT2D eigenvalue weighted by Crippen LogP contribution is 2.24. The Kier molecular flexibility index (Phi) is 3.07. The fourth-order valence-corrected chi connectivity index (χ4v) is 1.30. The summed E-state index contributed by atoms with van der Waals surface area (Å²) < 4.78 is 13.5. The van der Waals surface area contributed by atoms with Crippen molar-refractivity contribution in [2.24, 2.45) is 5.73 Å². The van der Waals surface area contributed by atoms with Gasteiger partial charge in [-0.25, -0.2) is 4.39 Å². The molecule has 0 radical (unpaired) electrons. The van der Waals surface area contributed by atoms with Crippen LogP contribution in [0, 0.1) is 5.82 Å². The van der Waals surface area contributed by atoms with Gasteiger partial charge < -0.3 is 16.8 Å². The number of halogens is 1. The zero-order chi connectivity index (χ0) is 12.5. The molecule has 0 aliphatic heterocycles. The van der Waals surface area contributed by atoms with Crippen molar-refractivity contribution in [1.82, 2.24) is 0 Å². The zero-order valence-electron chi connectivity index (χ0n) is 9.60. The molecule has 0 saturated carbocycles. The predicted octanol–water partition coefficient (Wildman–Crippen LogP) is 1.72. The topological polar surface area (TPSA) is 81.1 Å². The number of primary amides is 1. The Hall–Kier alpha value is -1.78. The van der Waals surface area contributed by atoms with Gasteiger partial charge in [-0.1, -0.05) is 0 Å². The van der Waals surface area contributed by atoms with Crippen molar-refractivity contribution in [3.05, 3.63) is 23.5 Å². The van der Waals surface area contributed by atoms with Gasteiger partial charge in [0.15, 0.2) is 0 Å². The van der Waals surface area contributed by atoms with Crippen molar-refractivity contribution in [2.45, 2.75) is 26.3 Å². The Morgan fingerprint density at radius 1 is 1.38 bits per heavy atom. The summed E-state index contributed by atoms with van der Waals surface area (Å²) in [5.41, 5.74) is 10.7. The van der Waals surface area contributed by atoms with E-state index in [1.165, 1.54) is 6.07 Å². The van der Waals surface area contributed by atoms with E-state index in [1.54, 1.807) is 0 Å². The third kappa shape index (κ3) is 2.85. The van der Waals surface area contributed by atoms with Gasteiger partial charge in [-0.05, 0) is 32.9 Å². The van der Waals surface area contributed by atoms with Crippen LogP contribution in [0.15, 0.2) is 12.1 Å². The van der Waals surface area contributed by atoms with Gasteiger partial charge in [0.05, 0.1) is 11.3 Å². The van der Waals surface area contributed by atoms with E-state index in [4.69, 9.17) is 11.5 Å². The summed E-state index contributed by atoms with van der Waals surface area (Å²) in [4.78, 5) is 11.0. The maximum absolute atomic E-state index is 13.5. The maximum Gasteiger partial charge on any atom is 0.250 e. The second kappa shape index (κ2) is 4.00. The minimum Gasteiger partial charge on any atom is -0.398 e. The van der Waals surface area contributed by atoms with Gasteiger partial charge >= 0.3 is 0 Å². The summed E-state index contributed by atoms with van der Waals surface area (Å²) in [6, 6.07) is 2.42. The van der Waals surface area contributed by atoms with Gasteiger partial charge in [0, 0.05) is 11.2 Å². The van der Waals surface area contributed by atoms with Gasteiger partial charge in [-0.3, -0.25) is 4.79 Å². The molecule has 5 N–H and O–H groups in total. The van der Waals surface area contributed by atoms with Crippen LogP contribution in [0.4, 0.5) is 15.8 Å². The van der Waals surface area contributed by atoms with Crippen LogP contribution in [0.5, 0.6) is 0 Å². The lowest BCUT2D eigenvalue weighted by Crippen LogP contribution is -2.27. The first-order valence-corrected chi connectivity index (χ1v) is 4.88. The van der Waals surface area contributed by atoms with Crippen molar-refractivity contribution in [2.75, 3.05) is 11.1 Å². The van der Waals surface area contributed by atoms with E-state index in [9.17, 15) is 9.18 Å². The minimum atomic E-state index is -0.672. The van der Waals surface area contributed by atoms with Crippen molar-refractivity contribution in [3.8, 4) is 0 Å². The average Bonchev–Trinajstić information content (AvgIpc) is 2.07. The third-order valence-electron chi connectivity index (χ3n) is 1.91. The Morgan fingerprint density at radius 2 is 1.94 bits per heavy atom. The third-order valence-corrected chi connectivity index (χ3v) is 1.91. The molecule has 0 saturated heterocycles. The first-order valence-electron chi connectivity index (χ1n) is 4.88. The van der Waals surface area contributed by atoms with Crippen LogP contribution in [-0.4, -0.2) is 11.4 Å². The molecule has 0 bridgehead atoms. The average molecular weight is 225 g/mol. The van der Waals surface area contributed by atoms with Crippen LogP contribution in [-0.2, 0) is 0 Å². The van der Waals surface area contributed by atoms with E-state index in [0.29, 0.717) is 0 Å². The monoisotopic (exact) mass is 225 g/mol. The summed E-state index contributed by atoms with van der Waals surface area (Å²) in [6.45, 7) is 5.65. The van der Waals surface area contributed by atoms with Crippen LogP contribution in [0.3, 0.4) is 0 Å². The second-order valence-corrected chi connectivity index (χ2v) is 4.66. The molecule has 1 amide bonds. The number of nitrogens with one attached hydrogen (secondary N) is 1. The number of amides is 1. The predicted molar refractivity (Wildman–Crippen MR) is 62.7 cm³/mol. The van der Waals surface area contributed by atoms with Gasteiger partial charge in [0.25, 0.3) is 5.91 Å². The quantitative estimate of drug-likeness (QED) is 0.670. The van der Waals surface area contributed by atoms with Gasteiger partial charge in [-0.2, -0.15) is 0 Å². The molecule has 1 aromatic rings. The molecule has 0 aliphatic carbocycles. The zero-order valence-corrected chi connectivity index (χ0v) is 9.60. The summed E-state index contributed by atoms with van der Waals surface area (Å²) in [6.07, 6.45) is 0. The van der Waals surface area contributed by atoms with Crippen molar-refractivity contribution < 1.29 is 9.18 Å². The molecule has 0 unspecified atom stereocenters. The molecule has 16 heavy (non-hydrogen) atoms.